The van der Waals surface area contributed by atoms with Gasteiger partial charge < -0.3 is 15.0 Å². The van der Waals surface area contributed by atoms with Crippen LogP contribution in [0.2, 0.25) is 0 Å². The van der Waals surface area contributed by atoms with Crippen molar-refractivity contribution in [2.45, 2.75) is 18.9 Å². The van der Waals surface area contributed by atoms with E-state index in [0.717, 1.165) is 16.7 Å². The lowest BCUT2D eigenvalue weighted by Gasteiger charge is -2.41. The van der Waals surface area contributed by atoms with Crippen molar-refractivity contribution in [3.05, 3.63) is 76.7 Å². The van der Waals surface area contributed by atoms with Gasteiger partial charge in [-0.05, 0) is 52.6 Å². The fraction of sp³-hybridized carbons (Fsp3) is 0.292. The van der Waals surface area contributed by atoms with Gasteiger partial charge in [0.05, 0.1) is 13.2 Å². The number of carbonyl (C=O) groups is 2. The SMILES string of the molecule is CCNC(=O)C1(Cc2ccccc2-c2ccsc2)CN(C(=O)c2ccccn2)CCO1. The molecule has 160 valence electrons. The van der Waals surface area contributed by atoms with E-state index in [9.17, 15) is 9.59 Å². The monoisotopic (exact) mass is 435 g/mol. The molecule has 1 atom stereocenters. The fourth-order valence-corrected chi connectivity index (χ4v) is 4.59. The average Bonchev–Trinajstić information content (AvgIpc) is 3.35. The van der Waals surface area contributed by atoms with E-state index >= 15 is 0 Å². The molecular formula is C24H25N3O3S. The Morgan fingerprint density at radius 1 is 1.19 bits per heavy atom. The third-order valence-electron chi connectivity index (χ3n) is 5.43. The van der Waals surface area contributed by atoms with E-state index in [1.807, 2.05) is 30.5 Å². The van der Waals surface area contributed by atoms with Crippen LogP contribution in [-0.2, 0) is 16.0 Å². The number of aromatic nitrogens is 1. The maximum Gasteiger partial charge on any atom is 0.272 e. The Bertz CT molecular complexity index is 1040. The van der Waals surface area contributed by atoms with Crippen molar-refractivity contribution >= 4 is 23.2 Å². The van der Waals surface area contributed by atoms with Crippen LogP contribution in [0.15, 0.2) is 65.5 Å². The van der Waals surface area contributed by atoms with Gasteiger partial charge in [-0.3, -0.25) is 14.6 Å². The smallest absolute Gasteiger partial charge is 0.272 e. The summed E-state index contributed by atoms with van der Waals surface area (Å²) in [5.41, 5.74) is 2.41. The second-order valence-corrected chi connectivity index (χ2v) is 8.27. The maximum atomic E-state index is 13.2. The number of pyridine rings is 1. The number of hydrogen-bond acceptors (Lipinski definition) is 5. The topological polar surface area (TPSA) is 71.5 Å². The molecule has 1 fully saturated rings. The van der Waals surface area contributed by atoms with Crippen molar-refractivity contribution in [1.82, 2.24) is 15.2 Å². The number of carbonyl (C=O) groups excluding carboxylic acids is 2. The summed E-state index contributed by atoms with van der Waals surface area (Å²) < 4.78 is 6.15. The second kappa shape index (κ2) is 9.41. The lowest BCUT2D eigenvalue weighted by atomic mass is 9.87. The Labute approximate surface area is 185 Å². The van der Waals surface area contributed by atoms with Crippen LogP contribution in [-0.4, -0.2) is 53.5 Å². The zero-order chi connectivity index (χ0) is 21.7. The normalized spacial score (nSPS) is 18.5. The summed E-state index contributed by atoms with van der Waals surface area (Å²) in [5, 5.41) is 7.05. The molecule has 1 unspecified atom stereocenters. The molecule has 6 nitrogen and oxygen atoms in total. The minimum absolute atomic E-state index is 0.173. The van der Waals surface area contributed by atoms with Gasteiger partial charge in [-0.25, -0.2) is 0 Å². The molecule has 1 aromatic carbocycles. The number of hydrogen-bond donors (Lipinski definition) is 1. The number of thiophene rings is 1. The van der Waals surface area contributed by atoms with Crippen molar-refractivity contribution < 1.29 is 14.3 Å². The molecule has 3 heterocycles. The van der Waals surface area contributed by atoms with Gasteiger partial charge in [0.2, 0.25) is 0 Å². The van der Waals surface area contributed by atoms with Crippen molar-refractivity contribution in [2.24, 2.45) is 0 Å². The van der Waals surface area contributed by atoms with Crippen LogP contribution in [0.4, 0.5) is 0 Å². The number of ether oxygens (including phenoxy) is 1. The first-order chi connectivity index (χ1) is 15.1. The molecule has 0 radical (unpaired) electrons. The van der Waals surface area contributed by atoms with Crippen molar-refractivity contribution in [3.63, 3.8) is 0 Å². The highest BCUT2D eigenvalue weighted by Crippen LogP contribution is 2.31. The van der Waals surface area contributed by atoms with Crippen LogP contribution >= 0.6 is 11.3 Å². The standard InChI is InChI=1S/C24H25N3O3S/c1-2-25-23(29)24(15-18-7-3-4-8-20(18)19-10-14-31-16-19)17-27(12-13-30-24)22(28)21-9-5-6-11-26-21/h3-11,14,16H,2,12-13,15,17H2,1H3,(H,25,29). The van der Waals surface area contributed by atoms with Gasteiger partial charge in [-0.15, -0.1) is 0 Å². The van der Waals surface area contributed by atoms with Gasteiger partial charge in [-0.2, -0.15) is 11.3 Å². The zero-order valence-electron chi connectivity index (χ0n) is 17.4. The summed E-state index contributed by atoms with van der Waals surface area (Å²) in [6.07, 6.45) is 1.97. The van der Waals surface area contributed by atoms with Gasteiger partial charge >= 0.3 is 0 Å². The molecule has 1 aliphatic rings. The number of amides is 2. The fourth-order valence-electron chi connectivity index (χ4n) is 3.94. The van der Waals surface area contributed by atoms with Crippen LogP contribution in [0.3, 0.4) is 0 Å². The minimum Gasteiger partial charge on any atom is -0.361 e. The largest absolute Gasteiger partial charge is 0.361 e. The summed E-state index contributed by atoms with van der Waals surface area (Å²) in [6.45, 7) is 3.25. The lowest BCUT2D eigenvalue weighted by Crippen LogP contribution is -2.62. The average molecular weight is 436 g/mol. The molecule has 0 saturated carbocycles. The first-order valence-electron chi connectivity index (χ1n) is 10.4. The molecule has 2 amide bonds. The lowest BCUT2D eigenvalue weighted by molar-refractivity contribution is -0.157. The number of rotatable bonds is 6. The molecule has 0 aliphatic carbocycles. The van der Waals surface area contributed by atoms with E-state index in [0.29, 0.717) is 25.2 Å². The maximum absolute atomic E-state index is 13.2. The predicted octanol–water partition coefficient (Wildman–Crippen LogP) is 3.40. The number of nitrogens with one attached hydrogen (secondary N) is 1. The molecule has 1 saturated heterocycles. The van der Waals surface area contributed by atoms with E-state index in [2.05, 4.69) is 27.8 Å². The Morgan fingerprint density at radius 2 is 2.03 bits per heavy atom. The first kappa shape index (κ1) is 21.2. The van der Waals surface area contributed by atoms with Gasteiger partial charge in [-0.1, -0.05) is 30.3 Å². The van der Waals surface area contributed by atoms with Crippen LogP contribution in [0, 0.1) is 0 Å². The van der Waals surface area contributed by atoms with E-state index in [1.54, 1.807) is 40.6 Å². The van der Waals surface area contributed by atoms with Crippen molar-refractivity contribution in [1.29, 1.82) is 0 Å². The van der Waals surface area contributed by atoms with Gasteiger partial charge in [0.15, 0.2) is 5.60 Å². The summed E-state index contributed by atoms with van der Waals surface area (Å²) in [6, 6.07) is 15.4. The number of morpholine rings is 1. The third kappa shape index (κ3) is 4.52. The molecule has 0 bridgehead atoms. The highest BCUT2D eigenvalue weighted by molar-refractivity contribution is 7.08. The van der Waals surface area contributed by atoms with Gasteiger partial charge in [0.1, 0.15) is 5.69 Å². The first-order valence-corrected chi connectivity index (χ1v) is 11.3. The molecular weight excluding hydrogens is 410 g/mol. The highest BCUT2D eigenvalue weighted by Gasteiger charge is 2.45. The Morgan fingerprint density at radius 3 is 2.77 bits per heavy atom. The van der Waals surface area contributed by atoms with E-state index in [-0.39, 0.29) is 25.0 Å². The van der Waals surface area contributed by atoms with E-state index < -0.39 is 5.60 Å². The molecule has 0 spiro atoms. The Kier molecular flexibility index (Phi) is 6.44. The number of nitrogens with zero attached hydrogens (tertiary/aromatic N) is 2. The molecule has 1 aliphatic heterocycles. The van der Waals surface area contributed by atoms with Crippen LogP contribution in [0.1, 0.15) is 23.0 Å². The summed E-state index contributed by atoms with van der Waals surface area (Å²) >= 11 is 1.63. The van der Waals surface area contributed by atoms with Gasteiger partial charge in [0.25, 0.3) is 11.8 Å². The molecule has 2 aromatic heterocycles. The second-order valence-electron chi connectivity index (χ2n) is 7.49. The van der Waals surface area contributed by atoms with Gasteiger partial charge in [0, 0.05) is 25.7 Å². The quantitative estimate of drug-likeness (QED) is 0.644. The molecule has 31 heavy (non-hydrogen) atoms. The van der Waals surface area contributed by atoms with Crippen LogP contribution < -0.4 is 5.32 Å². The zero-order valence-corrected chi connectivity index (χ0v) is 18.2. The summed E-state index contributed by atoms with van der Waals surface area (Å²) in [5.74, 6) is -0.391. The summed E-state index contributed by atoms with van der Waals surface area (Å²) in [4.78, 5) is 32.1. The van der Waals surface area contributed by atoms with Crippen molar-refractivity contribution in [3.8, 4) is 11.1 Å². The minimum atomic E-state index is -1.16. The third-order valence-corrected chi connectivity index (χ3v) is 6.12. The Balaban J connectivity index is 1.67. The van der Waals surface area contributed by atoms with Crippen LogP contribution in [0.25, 0.3) is 11.1 Å². The predicted molar refractivity (Wildman–Crippen MR) is 121 cm³/mol. The molecule has 4 rings (SSSR count). The Hall–Kier alpha value is -3.03. The molecule has 1 N–H and O–H groups in total. The van der Waals surface area contributed by atoms with Crippen LogP contribution in [0.5, 0.6) is 0 Å². The van der Waals surface area contributed by atoms with Crippen molar-refractivity contribution in [2.75, 3.05) is 26.2 Å². The number of benzene rings is 1. The number of likely N-dealkylation sites (N-methyl/N-ethyl adjacent to an activating group) is 1. The molecule has 7 heteroatoms. The van der Waals surface area contributed by atoms with E-state index in [4.69, 9.17) is 4.74 Å². The molecule has 3 aromatic rings. The van der Waals surface area contributed by atoms with E-state index in [1.165, 1.54) is 0 Å². The highest BCUT2D eigenvalue weighted by atomic mass is 32.1. The summed E-state index contributed by atoms with van der Waals surface area (Å²) in [7, 11) is 0.